The van der Waals surface area contributed by atoms with Crippen LogP contribution in [-0.2, 0) is 10.0 Å². The van der Waals surface area contributed by atoms with Gasteiger partial charge in [0.2, 0.25) is 10.0 Å². The molecule has 1 atom stereocenters. The molecule has 1 fully saturated rings. The number of nitrogens with two attached hydrogens (primary N) is 1. The van der Waals surface area contributed by atoms with Crippen molar-refractivity contribution in [2.24, 2.45) is 5.14 Å². The molecule has 1 unspecified atom stereocenters. The minimum atomic E-state index is -3.80. The molecule has 1 aromatic carbocycles. The fourth-order valence-corrected chi connectivity index (χ4v) is 3.96. The number of benzene rings is 1. The van der Waals surface area contributed by atoms with Crippen LogP contribution in [0.4, 0.5) is 5.82 Å². The fourth-order valence-electron chi connectivity index (χ4n) is 3.26. The monoisotopic (exact) mass is 343 g/mol. The fraction of sp³-hybridized carbons (Fsp3) is 0.250. The van der Waals surface area contributed by atoms with E-state index < -0.39 is 10.0 Å². The number of fused-ring (bicyclic) bond motifs is 1. The maximum absolute atomic E-state index is 11.8. The van der Waals surface area contributed by atoms with Gasteiger partial charge in [0.05, 0.1) is 17.8 Å². The molecule has 1 saturated heterocycles. The molecule has 8 heteroatoms. The van der Waals surface area contributed by atoms with Gasteiger partial charge in [0.25, 0.3) is 0 Å². The highest BCUT2D eigenvalue weighted by molar-refractivity contribution is 7.89. The van der Waals surface area contributed by atoms with Crippen molar-refractivity contribution in [3.05, 3.63) is 48.8 Å². The van der Waals surface area contributed by atoms with E-state index in [1.54, 1.807) is 12.3 Å². The van der Waals surface area contributed by atoms with E-state index in [-0.39, 0.29) is 10.9 Å². The highest BCUT2D eigenvalue weighted by Gasteiger charge is 2.29. The van der Waals surface area contributed by atoms with Crippen LogP contribution in [0, 0.1) is 0 Å². The van der Waals surface area contributed by atoms with Gasteiger partial charge in [0.1, 0.15) is 10.7 Å². The second kappa shape index (κ2) is 5.57. The summed E-state index contributed by atoms with van der Waals surface area (Å²) in [4.78, 5) is 6.27. The average Bonchev–Trinajstić information content (AvgIpc) is 3.20. The lowest BCUT2D eigenvalue weighted by Gasteiger charge is -2.20. The zero-order valence-electron chi connectivity index (χ0n) is 12.9. The van der Waals surface area contributed by atoms with Gasteiger partial charge in [-0.15, -0.1) is 0 Å². The summed E-state index contributed by atoms with van der Waals surface area (Å²) in [7, 11) is -3.80. The Morgan fingerprint density at radius 1 is 1.17 bits per heavy atom. The zero-order valence-corrected chi connectivity index (χ0v) is 13.7. The van der Waals surface area contributed by atoms with E-state index in [1.165, 1.54) is 6.07 Å². The first kappa shape index (κ1) is 15.1. The maximum Gasteiger partial charge on any atom is 0.241 e. The first-order valence-electron chi connectivity index (χ1n) is 7.69. The van der Waals surface area contributed by atoms with Gasteiger partial charge in [-0.25, -0.2) is 18.5 Å². The minimum absolute atomic E-state index is 0.0657. The zero-order chi connectivity index (χ0) is 16.7. The second-order valence-electron chi connectivity index (χ2n) is 5.91. The maximum atomic E-state index is 11.8. The Kier molecular flexibility index (Phi) is 3.50. The largest absolute Gasteiger partial charge is 0.353 e. The summed E-state index contributed by atoms with van der Waals surface area (Å²) in [5.41, 5.74) is 1.08. The molecule has 1 aliphatic heterocycles. The molecular formula is C16H17N5O2S. The molecule has 3 heterocycles. The van der Waals surface area contributed by atoms with Gasteiger partial charge in [-0.3, -0.25) is 4.68 Å². The van der Waals surface area contributed by atoms with Gasteiger partial charge in [-0.1, -0.05) is 18.2 Å². The first-order valence-corrected chi connectivity index (χ1v) is 9.24. The number of anilines is 1. The summed E-state index contributed by atoms with van der Waals surface area (Å²) in [5, 5.41) is 10.9. The van der Waals surface area contributed by atoms with Gasteiger partial charge >= 0.3 is 0 Å². The number of rotatable bonds is 3. The van der Waals surface area contributed by atoms with Crippen LogP contribution in [-0.4, -0.2) is 36.3 Å². The van der Waals surface area contributed by atoms with Gasteiger partial charge in [0.15, 0.2) is 0 Å². The van der Waals surface area contributed by atoms with Gasteiger partial charge < -0.3 is 4.90 Å². The summed E-state index contributed by atoms with van der Waals surface area (Å²) in [6.07, 6.45) is 4.31. The Hall–Kier alpha value is -2.45. The van der Waals surface area contributed by atoms with E-state index in [1.807, 2.05) is 40.0 Å². The molecule has 24 heavy (non-hydrogen) atoms. The van der Waals surface area contributed by atoms with Crippen molar-refractivity contribution in [1.29, 1.82) is 0 Å². The molecule has 0 amide bonds. The number of primary sulfonamides is 1. The summed E-state index contributed by atoms with van der Waals surface area (Å²) in [6.45, 7) is 1.35. The first-order chi connectivity index (χ1) is 11.5. The Labute approximate surface area is 139 Å². The smallest absolute Gasteiger partial charge is 0.241 e. The molecule has 0 spiro atoms. The third-order valence-electron chi connectivity index (χ3n) is 4.37. The summed E-state index contributed by atoms with van der Waals surface area (Å²) < 4.78 is 25.6. The van der Waals surface area contributed by atoms with E-state index >= 15 is 0 Å². The van der Waals surface area contributed by atoms with Crippen LogP contribution in [0.5, 0.6) is 0 Å². The van der Waals surface area contributed by atoms with Crippen LogP contribution >= 0.6 is 0 Å². The van der Waals surface area contributed by atoms with E-state index in [9.17, 15) is 8.42 Å². The number of nitrogens with zero attached hydrogens (tertiary/aromatic N) is 4. The lowest BCUT2D eigenvalue weighted by atomic mass is 10.2. The number of aromatic nitrogens is 3. The third-order valence-corrected chi connectivity index (χ3v) is 5.30. The lowest BCUT2D eigenvalue weighted by Crippen LogP contribution is -2.25. The Bertz CT molecular complexity index is 998. The average molecular weight is 343 g/mol. The van der Waals surface area contributed by atoms with Crippen molar-refractivity contribution in [2.45, 2.75) is 17.4 Å². The molecule has 3 aromatic rings. The van der Waals surface area contributed by atoms with Crippen molar-refractivity contribution in [1.82, 2.24) is 14.8 Å². The minimum Gasteiger partial charge on any atom is -0.353 e. The molecule has 2 N–H and O–H groups in total. The summed E-state index contributed by atoms with van der Waals surface area (Å²) in [6, 6.07) is 11.3. The molecular weight excluding hydrogens is 326 g/mol. The molecule has 0 radical (unpaired) electrons. The SMILES string of the molecule is NS(=O)(=O)c1cccnc1N1CCC(n2ncc3ccccc32)C1. The molecule has 124 valence electrons. The predicted octanol–water partition coefficient (Wildman–Crippen LogP) is 1.53. The molecule has 0 aliphatic carbocycles. The lowest BCUT2D eigenvalue weighted by molar-refractivity contribution is 0.510. The van der Waals surface area contributed by atoms with Crippen molar-refractivity contribution < 1.29 is 8.42 Å². The van der Waals surface area contributed by atoms with Gasteiger partial charge in [0, 0.05) is 24.7 Å². The van der Waals surface area contributed by atoms with Crippen LogP contribution in [0.15, 0.2) is 53.7 Å². The van der Waals surface area contributed by atoms with Crippen LogP contribution in [0.3, 0.4) is 0 Å². The standard InChI is InChI=1S/C16H17N5O2S/c17-24(22,23)15-6-3-8-18-16(15)20-9-7-13(11-20)21-14-5-2-1-4-12(14)10-19-21/h1-6,8,10,13H,7,9,11H2,(H2,17,22,23). The van der Waals surface area contributed by atoms with Gasteiger partial charge in [-0.05, 0) is 24.6 Å². The molecule has 0 bridgehead atoms. The second-order valence-corrected chi connectivity index (χ2v) is 7.44. The van der Waals surface area contributed by atoms with E-state index in [4.69, 9.17) is 5.14 Å². The van der Waals surface area contributed by atoms with Crippen molar-refractivity contribution in [2.75, 3.05) is 18.0 Å². The van der Waals surface area contributed by atoms with Crippen LogP contribution in [0.1, 0.15) is 12.5 Å². The Morgan fingerprint density at radius 3 is 2.83 bits per heavy atom. The third kappa shape index (κ3) is 2.53. The van der Waals surface area contributed by atoms with E-state index in [0.29, 0.717) is 18.9 Å². The van der Waals surface area contributed by atoms with Gasteiger partial charge in [-0.2, -0.15) is 5.10 Å². The molecule has 1 aliphatic rings. The highest BCUT2D eigenvalue weighted by Crippen LogP contribution is 2.30. The molecule has 4 rings (SSSR count). The summed E-state index contributed by atoms with van der Waals surface area (Å²) in [5.74, 6) is 0.416. The van der Waals surface area contributed by atoms with E-state index in [0.717, 1.165) is 17.3 Å². The van der Waals surface area contributed by atoms with Crippen molar-refractivity contribution in [3.63, 3.8) is 0 Å². The highest BCUT2D eigenvalue weighted by atomic mass is 32.2. The van der Waals surface area contributed by atoms with Crippen molar-refractivity contribution in [3.8, 4) is 0 Å². The van der Waals surface area contributed by atoms with E-state index in [2.05, 4.69) is 10.1 Å². The normalized spacial score (nSPS) is 18.4. The van der Waals surface area contributed by atoms with Crippen molar-refractivity contribution >= 4 is 26.7 Å². The number of sulfonamides is 1. The number of hydrogen-bond acceptors (Lipinski definition) is 5. The molecule has 0 saturated carbocycles. The molecule has 7 nitrogen and oxygen atoms in total. The predicted molar refractivity (Wildman–Crippen MR) is 91.2 cm³/mol. The number of para-hydroxylation sites is 1. The number of pyridine rings is 1. The Morgan fingerprint density at radius 2 is 2.00 bits per heavy atom. The number of hydrogen-bond donors (Lipinski definition) is 1. The Balaban J connectivity index is 1.66. The molecule has 2 aromatic heterocycles. The topological polar surface area (TPSA) is 94.1 Å². The van der Waals surface area contributed by atoms with Crippen LogP contribution in [0.25, 0.3) is 10.9 Å². The van der Waals surface area contributed by atoms with Crippen LogP contribution in [0.2, 0.25) is 0 Å². The van der Waals surface area contributed by atoms with Crippen LogP contribution < -0.4 is 10.0 Å². The quantitative estimate of drug-likeness (QED) is 0.778. The summed E-state index contributed by atoms with van der Waals surface area (Å²) >= 11 is 0.